The van der Waals surface area contributed by atoms with Gasteiger partial charge in [0.25, 0.3) is 0 Å². The third-order valence-corrected chi connectivity index (χ3v) is 2.67. The highest BCUT2D eigenvalue weighted by atomic mass is 16.3. The molecule has 1 saturated heterocycles. The van der Waals surface area contributed by atoms with Crippen LogP contribution in [0.3, 0.4) is 0 Å². The minimum Gasteiger partial charge on any atom is -0.394 e. The first-order chi connectivity index (χ1) is 6.81. The predicted molar refractivity (Wildman–Crippen MR) is 54.2 cm³/mol. The normalized spacial score (nSPS) is 21.6. The van der Waals surface area contributed by atoms with Crippen LogP contribution in [0.2, 0.25) is 0 Å². The van der Waals surface area contributed by atoms with E-state index in [1.165, 1.54) is 0 Å². The summed E-state index contributed by atoms with van der Waals surface area (Å²) in [5, 5.41) is 9.18. The van der Waals surface area contributed by atoms with Crippen molar-refractivity contribution in [3.05, 3.63) is 18.1 Å². The summed E-state index contributed by atoms with van der Waals surface area (Å²) in [5.41, 5.74) is 0.971. The lowest BCUT2D eigenvalue weighted by Crippen LogP contribution is -2.32. The second kappa shape index (κ2) is 3.92. The number of nitrogens with zero attached hydrogens (tertiary/aromatic N) is 3. The molecule has 1 unspecified atom stereocenters. The van der Waals surface area contributed by atoms with Crippen LogP contribution in [-0.4, -0.2) is 34.3 Å². The Balaban J connectivity index is 2.21. The molecule has 0 aliphatic carbocycles. The first-order valence-corrected chi connectivity index (χ1v) is 4.97. The van der Waals surface area contributed by atoms with Crippen LogP contribution in [0, 0.1) is 6.92 Å². The van der Waals surface area contributed by atoms with Crippen molar-refractivity contribution >= 4 is 5.82 Å². The Bertz CT molecular complexity index is 316. The van der Waals surface area contributed by atoms with E-state index in [2.05, 4.69) is 14.9 Å². The van der Waals surface area contributed by atoms with E-state index in [9.17, 15) is 5.11 Å². The monoisotopic (exact) mass is 193 g/mol. The third-order valence-electron chi connectivity index (χ3n) is 2.67. The van der Waals surface area contributed by atoms with Crippen molar-refractivity contribution in [2.24, 2.45) is 0 Å². The van der Waals surface area contributed by atoms with Gasteiger partial charge in [0, 0.05) is 18.3 Å². The highest BCUT2D eigenvalue weighted by Crippen LogP contribution is 2.23. The van der Waals surface area contributed by atoms with Crippen molar-refractivity contribution < 1.29 is 5.11 Å². The van der Waals surface area contributed by atoms with Crippen LogP contribution in [0.5, 0.6) is 0 Å². The molecule has 76 valence electrons. The molecular formula is C10H15N3O. The summed E-state index contributed by atoms with van der Waals surface area (Å²) in [6.07, 6.45) is 3.77. The van der Waals surface area contributed by atoms with Gasteiger partial charge in [0.2, 0.25) is 0 Å². The largest absolute Gasteiger partial charge is 0.394 e. The van der Waals surface area contributed by atoms with Gasteiger partial charge in [0.1, 0.15) is 12.1 Å². The van der Waals surface area contributed by atoms with E-state index >= 15 is 0 Å². The molecule has 4 nitrogen and oxygen atoms in total. The lowest BCUT2D eigenvalue weighted by Gasteiger charge is -2.23. The second-order valence-corrected chi connectivity index (χ2v) is 3.69. The minimum absolute atomic E-state index is 0.211. The molecule has 0 spiro atoms. The number of aliphatic hydroxyl groups is 1. The van der Waals surface area contributed by atoms with Gasteiger partial charge >= 0.3 is 0 Å². The first-order valence-electron chi connectivity index (χ1n) is 4.97. The molecule has 0 radical (unpaired) electrons. The second-order valence-electron chi connectivity index (χ2n) is 3.69. The van der Waals surface area contributed by atoms with Crippen molar-refractivity contribution in [1.82, 2.24) is 9.97 Å². The molecule has 1 aromatic rings. The smallest absolute Gasteiger partial charge is 0.132 e. The van der Waals surface area contributed by atoms with Crippen LogP contribution in [0.1, 0.15) is 18.5 Å². The van der Waals surface area contributed by atoms with E-state index in [1.807, 2.05) is 13.0 Å². The van der Waals surface area contributed by atoms with Crippen molar-refractivity contribution in [3.8, 4) is 0 Å². The minimum atomic E-state index is 0.211. The number of hydrogen-bond donors (Lipinski definition) is 1. The number of aromatic nitrogens is 2. The number of aliphatic hydroxyl groups excluding tert-OH is 1. The molecule has 1 atom stereocenters. The predicted octanol–water partition coefficient (Wildman–Crippen LogP) is 0.746. The molecule has 2 heterocycles. The molecule has 1 fully saturated rings. The Morgan fingerprint density at radius 2 is 2.43 bits per heavy atom. The summed E-state index contributed by atoms with van der Waals surface area (Å²) < 4.78 is 0. The quantitative estimate of drug-likeness (QED) is 0.753. The van der Waals surface area contributed by atoms with Gasteiger partial charge in [0.05, 0.1) is 12.6 Å². The summed E-state index contributed by atoms with van der Waals surface area (Å²) in [6.45, 7) is 3.15. The fraction of sp³-hybridized carbons (Fsp3) is 0.600. The van der Waals surface area contributed by atoms with E-state index in [1.54, 1.807) is 6.33 Å². The maximum absolute atomic E-state index is 9.18. The van der Waals surface area contributed by atoms with Crippen LogP contribution < -0.4 is 4.90 Å². The van der Waals surface area contributed by atoms with Crippen LogP contribution in [-0.2, 0) is 0 Å². The fourth-order valence-corrected chi connectivity index (χ4v) is 1.92. The Hall–Kier alpha value is -1.16. The van der Waals surface area contributed by atoms with Gasteiger partial charge in [-0.3, -0.25) is 0 Å². The van der Waals surface area contributed by atoms with E-state index in [4.69, 9.17) is 0 Å². The fourth-order valence-electron chi connectivity index (χ4n) is 1.92. The molecular weight excluding hydrogens is 178 g/mol. The standard InChI is InChI=1S/C10H15N3O/c1-8-5-10(12-7-11-8)13-4-2-3-9(13)6-14/h5,7,9,14H,2-4,6H2,1H3. The van der Waals surface area contributed by atoms with Crippen LogP contribution in [0.15, 0.2) is 12.4 Å². The Morgan fingerprint density at radius 3 is 3.14 bits per heavy atom. The molecule has 14 heavy (non-hydrogen) atoms. The molecule has 0 aromatic carbocycles. The number of hydrogen-bond acceptors (Lipinski definition) is 4. The number of anilines is 1. The number of aryl methyl sites for hydroxylation is 1. The van der Waals surface area contributed by atoms with E-state index < -0.39 is 0 Å². The molecule has 4 heteroatoms. The van der Waals surface area contributed by atoms with Crippen molar-refractivity contribution in [3.63, 3.8) is 0 Å². The molecule has 1 aromatic heterocycles. The Labute approximate surface area is 83.6 Å². The van der Waals surface area contributed by atoms with Crippen LogP contribution >= 0.6 is 0 Å². The zero-order valence-corrected chi connectivity index (χ0v) is 8.35. The molecule has 0 saturated carbocycles. The number of rotatable bonds is 2. The van der Waals surface area contributed by atoms with Crippen molar-refractivity contribution in [2.45, 2.75) is 25.8 Å². The van der Waals surface area contributed by atoms with Gasteiger partial charge in [-0.05, 0) is 19.8 Å². The molecule has 0 bridgehead atoms. The summed E-state index contributed by atoms with van der Waals surface area (Å²) in [4.78, 5) is 10.4. The van der Waals surface area contributed by atoms with Gasteiger partial charge in [-0.15, -0.1) is 0 Å². The average molecular weight is 193 g/mol. The zero-order chi connectivity index (χ0) is 9.97. The summed E-state index contributed by atoms with van der Waals surface area (Å²) in [7, 11) is 0. The molecule has 2 rings (SSSR count). The maximum atomic E-state index is 9.18. The van der Waals surface area contributed by atoms with Gasteiger partial charge in [-0.25, -0.2) is 9.97 Å². The zero-order valence-electron chi connectivity index (χ0n) is 8.35. The third kappa shape index (κ3) is 1.70. The first kappa shape index (κ1) is 9.40. The van der Waals surface area contributed by atoms with E-state index in [0.29, 0.717) is 0 Å². The Morgan fingerprint density at radius 1 is 1.57 bits per heavy atom. The molecule has 1 aliphatic heterocycles. The molecule has 1 N–H and O–H groups in total. The van der Waals surface area contributed by atoms with Crippen molar-refractivity contribution in [2.75, 3.05) is 18.1 Å². The van der Waals surface area contributed by atoms with E-state index in [0.717, 1.165) is 30.9 Å². The van der Waals surface area contributed by atoms with Crippen LogP contribution in [0.25, 0.3) is 0 Å². The molecule has 1 aliphatic rings. The lowest BCUT2D eigenvalue weighted by molar-refractivity contribution is 0.266. The Kier molecular flexibility index (Phi) is 2.63. The van der Waals surface area contributed by atoms with Crippen LogP contribution in [0.4, 0.5) is 5.82 Å². The highest BCUT2D eigenvalue weighted by molar-refractivity contribution is 5.41. The summed E-state index contributed by atoms with van der Waals surface area (Å²) in [5.74, 6) is 0.939. The van der Waals surface area contributed by atoms with Gasteiger partial charge in [0.15, 0.2) is 0 Å². The highest BCUT2D eigenvalue weighted by Gasteiger charge is 2.24. The van der Waals surface area contributed by atoms with E-state index in [-0.39, 0.29) is 12.6 Å². The van der Waals surface area contributed by atoms with Crippen molar-refractivity contribution in [1.29, 1.82) is 0 Å². The SMILES string of the molecule is Cc1cc(N2CCCC2CO)ncn1. The summed E-state index contributed by atoms with van der Waals surface area (Å²) in [6, 6.07) is 2.21. The average Bonchev–Trinajstić information content (AvgIpc) is 2.65. The topological polar surface area (TPSA) is 49.2 Å². The molecule has 0 amide bonds. The van der Waals surface area contributed by atoms with Gasteiger partial charge < -0.3 is 10.0 Å². The summed E-state index contributed by atoms with van der Waals surface area (Å²) >= 11 is 0. The van der Waals surface area contributed by atoms with Gasteiger partial charge in [-0.1, -0.05) is 0 Å². The maximum Gasteiger partial charge on any atom is 0.132 e. The van der Waals surface area contributed by atoms with Gasteiger partial charge in [-0.2, -0.15) is 0 Å². The lowest BCUT2D eigenvalue weighted by atomic mass is 10.2.